The number of likely N-dealkylation sites (tertiary alicyclic amines) is 1. The van der Waals surface area contributed by atoms with Crippen LogP contribution in [0.15, 0.2) is 24.3 Å². The van der Waals surface area contributed by atoms with Crippen LogP contribution in [0.2, 0.25) is 0 Å². The molecule has 118 valence electrons. The highest BCUT2D eigenvalue weighted by Gasteiger charge is 2.28. The molecule has 0 aliphatic carbocycles. The molecule has 1 atom stereocenters. The van der Waals surface area contributed by atoms with Gasteiger partial charge in [-0.3, -0.25) is 4.79 Å². The van der Waals surface area contributed by atoms with Crippen molar-refractivity contribution in [1.29, 1.82) is 0 Å². The zero-order chi connectivity index (χ0) is 15.5. The molecular formula is C16H21N3O3. The number of hydrogen-bond acceptors (Lipinski definition) is 3. The van der Waals surface area contributed by atoms with Gasteiger partial charge < -0.3 is 20.2 Å². The van der Waals surface area contributed by atoms with E-state index in [1.165, 1.54) is 0 Å². The topological polar surface area (TPSA) is 72.9 Å². The second-order valence-electron chi connectivity index (χ2n) is 5.80. The predicted octanol–water partition coefficient (Wildman–Crippen LogP) is 1.80. The highest BCUT2D eigenvalue weighted by molar-refractivity contribution is 5.96. The van der Waals surface area contributed by atoms with Gasteiger partial charge in [-0.15, -0.1) is 0 Å². The Morgan fingerprint density at radius 1 is 1.32 bits per heavy atom. The van der Waals surface area contributed by atoms with Crippen molar-refractivity contribution in [1.82, 2.24) is 4.90 Å². The standard InChI is InChI=1S/C16H21N3O3/c20-11-14-6-2-9-19(14)16(22)17-12-4-1-5-13(10-12)18-8-3-7-15(18)21/h1,4-5,10,14,20H,2-3,6-9,11H2,(H,17,22)/t14-/m1/s1. The van der Waals surface area contributed by atoms with E-state index in [0.717, 1.165) is 31.5 Å². The molecule has 2 aliphatic heterocycles. The Kier molecular flexibility index (Phi) is 4.29. The number of rotatable bonds is 3. The average molecular weight is 303 g/mol. The second kappa shape index (κ2) is 6.36. The minimum atomic E-state index is -0.193. The van der Waals surface area contributed by atoms with E-state index in [2.05, 4.69) is 5.32 Å². The van der Waals surface area contributed by atoms with E-state index in [1.54, 1.807) is 9.80 Å². The Bertz CT molecular complexity index is 576. The molecule has 6 heteroatoms. The normalized spacial score (nSPS) is 21.5. The number of nitrogens with one attached hydrogen (secondary N) is 1. The van der Waals surface area contributed by atoms with Gasteiger partial charge in [0.2, 0.25) is 5.91 Å². The first kappa shape index (κ1) is 14.8. The number of urea groups is 1. The molecule has 6 nitrogen and oxygen atoms in total. The summed E-state index contributed by atoms with van der Waals surface area (Å²) in [6.45, 7) is 1.39. The van der Waals surface area contributed by atoms with Crippen LogP contribution in [0.3, 0.4) is 0 Å². The van der Waals surface area contributed by atoms with Gasteiger partial charge in [0.15, 0.2) is 0 Å². The van der Waals surface area contributed by atoms with Crippen LogP contribution < -0.4 is 10.2 Å². The minimum Gasteiger partial charge on any atom is -0.394 e. The number of nitrogens with zero attached hydrogens (tertiary/aromatic N) is 2. The maximum absolute atomic E-state index is 12.3. The summed E-state index contributed by atoms with van der Waals surface area (Å²) in [5.41, 5.74) is 1.49. The van der Waals surface area contributed by atoms with E-state index in [0.29, 0.717) is 18.7 Å². The number of amides is 3. The van der Waals surface area contributed by atoms with Crippen LogP contribution in [0, 0.1) is 0 Å². The van der Waals surface area contributed by atoms with Gasteiger partial charge in [0.25, 0.3) is 0 Å². The zero-order valence-electron chi connectivity index (χ0n) is 12.5. The maximum Gasteiger partial charge on any atom is 0.322 e. The van der Waals surface area contributed by atoms with Crippen molar-refractivity contribution in [3.05, 3.63) is 24.3 Å². The molecule has 2 heterocycles. The van der Waals surface area contributed by atoms with Crippen molar-refractivity contribution in [3.8, 4) is 0 Å². The van der Waals surface area contributed by atoms with Gasteiger partial charge >= 0.3 is 6.03 Å². The van der Waals surface area contributed by atoms with Crippen molar-refractivity contribution in [2.75, 3.05) is 29.9 Å². The highest BCUT2D eigenvalue weighted by Crippen LogP contribution is 2.25. The summed E-state index contributed by atoms with van der Waals surface area (Å²) in [5.74, 6) is 0.128. The summed E-state index contributed by atoms with van der Waals surface area (Å²) in [4.78, 5) is 27.5. The molecule has 1 aromatic rings. The van der Waals surface area contributed by atoms with E-state index in [9.17, 15) is 14.7 Å². The van der Waals surface area contributed by atoms with E-state index in [-0.39, 0.29) is 24.6 Å². The smallest absolute Gasteiger partial charge is 0.322 e. The number of aliphatic hydroxyl groups excluding tert-OH is 1. The van der Waals surface area contributed by atoms with Gasteiger partial charge in [-0.05, 0) is 37.5 Å². The van der Waals surface area contributed by atoms with Crippen molar-refractivity contribution in [3.63, 3.8) is 0 Å². The molecule has 2 aliphatic rings. The van der Waals surface area contributed by atoms with E-state index in [4.69, 9.17) is 0 Å². The van der Waals surface area contributed by atoms with Crippen molar-refractivity contribution < 1.29 is 14.7 Å². The molecule has 0 bridgehead atoms. The molecule has 0 saturated carbocycles. The highest BCUT2D eigenvalue weighted by atomic mass is 16.3. The summed E-state index contributed by atoms with van der Waals surface area (Å²) in [5, 5.41) is 12.2. The molecule has 0 aromatic heterocycles. The third-order valence-electron chi connectivity index (χ3n) is 4.33. The Balaban J connectivity index is 1.70. The van der Waals surface area contributed by atoms with Crippen LogP contribution >= 0.6 is 0 Å². The number of benzene rings is 1. The van der Waals surface area contributed by atoms with Crippen LogP contribution in [0.25, 0.3) is 0 Å². The van der Waals surface area contributed by atoms with Crippen molar-refractivity contribution in [2.45, 2.75) is 31.7 Å². The zero-order valence-corrected chi connectivity index (χ0v) is 12.5. The first-order chi connectivity index (χ1) is 10.7. The number of carbonyl (C=O) groups excluding carboxylic acids is 2. The Morgan fingerprint density at radius 3 is 2.91 bits per heavy atom. The summed E-state index contributed by atoms with van der Waals surface area (Å²) in [7, 11) is 0. The number of anilines is 2. The van der Waals surface area contributed by atoms with Gasteiger partial charge in [0.05, 0.1) is 12.6 Å². The number of carbonyl (C=O) groups is 2. The molecule has 2 fully saturated rings. The summed E-state index contributed by atoms with van der Waals surface area (Å²) < 4.78 is 0. The van der Waals surface area contributed by atoms with Gasteiger partial charge in [0.1, 0.15) is 0 Å². The fourth-order valence-corrected chi connectivity index (χ4v) is 3.16. The molecule has 1 aromatic carbocycles. The SMILES string of the molecule is O=C1CCCN1c1cccc(NC(=O)N2CCC[C@@H]2CO)c1. The first-order valence-electron chi connectivity index (χ1n) is 7.78. The molecule has 0 spiro atoms. The second-order valence-corrected chi connectivity index (χ2v) is 5.80. The fourth-order valence-electron chi connectivity index (χ4n) is 3.16. The number of hydrogen-bond donors (Lipinski definition) is 2. The van der Waals surface area contributed by atoms with Crippen molar-refractivity contribution in [2.24, 2.45) is 0 Å². The number of aliphatic hydroxyl groups is 1. The Morgan fingerprint density at radius 2 is 2.18 bits per heavy atom. The maximum atomic E-state index is 12.3. The molecule has 3 rings (SSSR count). The van der Waals surface area contributed by atoms with Gasteiger partial charge in [-0.2, -0.15) is 0 Å². The minimum absolute atomic E-state index is 0.00423. The fraction of sp³-hybridized carbons (Fsp3) is 0.500. The lowest BCUT2D eigenvalue weighted by Crippen LogP contribution is -2.40. The van der Waals surface area contributed by atoms with Crippen LogP contribution in [-0.4, -0.2) is 47.7 Å². The van der Waals surface area contributed by atoms with Crippen LogP contribution in [0.1, 0.15) is 25.7 Å². The molecule has 3 amide bonds. The summed E-state index contributed by atoms with van der Waals surface area (Å²) in [6.07, 6.45) is 3.22. The lowest BCUT2D eigenvalue weighted by molar-refractivity contribution is -0.117. The quantitative estimate of drug-likeness (QED) is 0.894. The van der Waals surface area contributed by atoms with Crippen LogP contribution in [0.5, 0.6) is 0 Å². The summed E-state index contributed by atoms with van der Waals surface area (Å²) in [6, 6.07) is 7.07. The predicted molar refractivity (Wildman–Crippen MR) is 83.9 cm³/mol. The summed E-state index contributed by atoms with van der Waals surface area (Å²) >= 11 is 0. The van der Waals surface area contributed by atoms with Gasteiger partial charge in [-0.1, -0.05) is 6.07 Å². The van der Waals surface area contributed by atoms with Crippen molar-refractivity contribution >= 4 is 23.3 Å². The van der Waals surface area contributed by atoms with Gasteiger partial charge in [0, 0.05) is 30.9 Å². The van der Waals surface area contributed by atoms with Crippen LogP contribution in [-0.2, 0) is 4.79 Å². The van der Waals surface area contributed by atoms with Gasteiger partial charge in [-0.25, -0.2) is 4.79 Å². The lowest BCUT2D eigenvalue weighted by Gasteiger charge is -2.24. The third kappa shape index (κ3) is 2.92. The molecular weight excluding hydrogens is 282 g/mol. The molecule has 0 unspecified atom stereocenters. The monoisotopic (exact) mass is 303 g/mol. The Hall–Kier alpha value is -2.08. The van der Waals surface area contributed by atoms with Crippen LogP contribution in [0.4, 0.5) is 16.2 Å². The largest absolute Gasteiger partial charge is 0.394 e. The Labute approximate surface area is 129 Å². The first-order valence-corrected chi connectivity index (χ1v) is 7.78. The lowest BCUT2D eigenvalue weighted by atomic mass is 10.2. The molecule has 0 radical (unpaired) electrons. The van der Waals surface area contributed by atoms with E-state index < -0.39 is 0 Å². The molecule has 22 heavy (non-hydrogen) atoms. The van der Waals surface area contributed by atoms with E-state index in [1.807, 2.05) is 24.3 Å². The van der Waals surface area contributed by atoms with E-state index >= 15 is 0 Å². The average Bonchev–Trinajstić information content (AvgIpc) is 3.15. The third-order valence-corrected chi connectivity index (χ3v) is 4.33. The molecule has 2 N–H and O–H groups in total. The molecule has 2 saturated heterocycles.